The van der Waals surface area contributed by atoms with Crippen LogP contribution in [0.3, 0.4) is 0 Å². The van der Waals surface area contributed by atoms with Crippen molar-refractivity contribution in [1.82, 2.24) is 19.5 Å². The summed E-state index contributed by atoms with van der Waals surface area (Å²) in [6, 6.07) is 0. The minimum absolute atomic E-state index is 0.250. The van der Waals surface area contributed by atoms with Gasteiger partial charge in [-0.15, -0.1) is 0 Å². The van der Waals surface area contributed by atoms with E-state index in [9.17, 15) is 9.67 Å². The summed E-state index contributed by atoms with van der Waals surface area (Å²) in [7, 11) is -4.24. The van der Waals surface area contributed by atoms with E-state index >= 15 is 0 Å². The van der Waals surface area contributed by atoms with Crippen molar-refractivity contribution < 1.29 is 19.5 Å². The molecule has 9 nitrogen and oxygen atoms in total. The average Bonchev–Trinajstić information content (AvgIpc) is 2.78. The first-order valence-corrected chi connectivity index (χ1v) is 7.35. The molecule has 0 bridgehead atoms. The first-order valence-electron chi connectivity index (χ1n) is 5.67. The van der Waals surface area contributed by atoms with Crippen molar-refractivity contribution in [3.8, 4) is 0 Å². The molecule has 0 saturated heterocycles. The molecule has 10 heteroatoms. The molecule has 0 aliphatic rings. The summed E-state index contributed by atoms with van der Waals surface area (Å²) in [4.78, 5) is 29.5. The van der Waals surface area contributed by atoms with Crippen LogP contribution in [0.15, 0.2) is 24.5 Å². The van der Waals surface area contributed by atoms with Crippen molar-refractivity contribution >= 4 is 24.6 Å². The third-order valence-electron chi connectivity index (χ3n) is 2.65. The average molecular weight is 299 g/mol. The lowest BCUT2D eigenvalue weighted by molar-refractivity contribution is 0.240. The summed E-state index contributed by atoms with van der Waals surface area (Å²) in [6.45, 7) is -0.00328. The second-order valence-electron chi connectivity index (χ2n) is 4.20. The van der Waals surface area contributed by atoms with Crippen LogP contribution in [0.5, 0.6) is 0 Å². The third kappa shape index (κ3) is 3.40. The van der Waals surface area contributed by atoms with E-state index in [1.807, 2.05) is 0 Å². The number of aromatic nitrogens is 4. The van der Waals surface area contributed by atoms with Gasteiger partial charge >= 0.3 is 7.60 Å². The van der Waals surface area contributed by atoms with Gasteiger partial charge in [0.25, 0.3) is 0 Å². The van der Waals surface area contributed by atoms with Crippen LogP contribution in [0.25, 0.3) is 11.2 Å². The summed E-state index contributed by atoms with van der Waals surface area (Å²) in [6.07, 6.45) is 4.07. The van der Waals surface area contributed by atoms with Gasteiger partial charge in [0.15, 0.2) is 11.5 Å². The van der Waals surface area contributed by atoms with E-state index in [-0.39, 0.29) is 19.0 Å². The summed E-state index contributed by atoms with van der Waals surface area (Å²) < 4.78 is 12.4. The number of nitrogens with two attached hydrogens (primary N) is 1. The minimum atomic E-state index is -4.24. The van der Waals surface area contributed by atoms with Crippen molar-refractivity contribution in [2.24, 2.45) is 5.92 Å². The maximum atomic E-state index is 10.8. The molecule has 1 atom stereocenters. The van der Waals surface area contributed by atoms with Gasteiger partial charge in [0.2, 0.25) is 0 Å². The van der Waals surface area contributed by atoms with E-state index in [0.29, 0.717) is 11.2 Å². The molecule has 2 heterocycles. The highest BCUT2D eigenvalue weighted by Gasteiger charge is 2.13. The number of fused-ring (bicyclic) bond motifs is 1. The topological polar surface area (TPSA) is 147 Å². The van der Waals surface area contributed by atoms with Gasteiger partial charge in [-0.3, -0.25) is 4.57 Å². The third-order valence-corrected chi connectivity index (χ3v) is 3.21. The number of hydrogen-bond acceptors (Lipinski definition) is 6. The Hall–Kier alpha value is -1.80. The van der Waals surface area contributed by atoms with Crippen molar-refractivity contribution in [2.45, 2.75) is 6.54 Å². The van der Waals surface area contributed by atoms with Crippen LogP contribution in [0, 0.1) is 5.92 Å². The Morgan fingerprint density at radius 3 is 2.80 bits per heavy atom. The standard InChI is InChI=1S/C10H14N5O4P/c11-9-8-10(13-5-12-9)15(6-14-8)3-7(4-16)1-2-20(17,18)19/h1-2,5-7,16H,3-4H2,(H2,11,12,13)(H2,17,18,19)/b2-1+. The number of aliphatic hydroxyl groups excluding tert-OH is 1. The van der Waals surface area contributed by atoms with Crippen molar-refractivity contribution in [3.63, 3.8) is 0 Å². The van der Waals surface area contributed by atoms with Crippen LogP contribution in [0.1, 0.15) is 0 Å². The molecule has 0 amide bonds. The fourth-order valence-electron chi connectivity index (χ4n) is 1.70. The molecule has 1 unspecified atom stereocenters. The quantitative estimate of drug-likeness (QED) is 0.550. The molecule has 0 aromatic carbocycles. The Morgan fingerprint density at radius 1 is 1.40 bits per heavy atom. The zero-order valence-corrected chi connectivity index (χ0v) is 11.3. The zero-order chi connectivity index (χ0) is 14.8. The number of nitrogen functional groups attached to an aromatic ring is 1. The Kier molecular flexibility index (Phi) is 4.15. The molecular formula is C10H14N5O4P. The normalized spacial score (nSPS) is 14.2. The van der Waals surface area contributed by atoms with Gasteiger partial charge in [-0.1, -0.05) is 6.08 Å². The van der Waals surface area contributed by atoms with Crippen molar-refractivity contribution in [2.75, 3.05) is 12.3 Å². The number of hydrogen-bond donors (Lipinski definition) is 4. The number of nitrogens with zero attached hydrogens (tertiary/aromatic N) is 4. The van der Waals surface area contributed by atoms with E-state index in [4.69, 9.17) is 15.5 Å². The molecule has 2 rings (SSSR count). The van der Waals surface area contributed by atoms with Crippen molar-refractivity contribution in [1.29, 1.82) is 0 Å². The monoisotopic (exact) mass is 299 g/mol. The molecule has 5 N–H and O–H groups in total. The summed E-state index contributed by atoms with van der Waals surface area (Å²) in [5.74, 6) is 0.548. The SMILES string of the molecule is Nc1ncnc2c1ncn2CC(/C=C/P(=O)(O)O)CO. The lowest BCUT2D eigenvalue weighted by Crippen LogP contribution is -2.12. The maximum Gasteiger partial charge on any atom is 0.348 e. The summed E-state index contributed by atoms with van der Waals surface area (Å²) in [5, 5.41) is 9.25. The predicted octanol–water partition coefficient (Wildman–Crippen LogP) is -0.292. The maximum absolute atomic E-state index is 10.8. The molecule has 0 radical (unpaired) electrons. The van der Waals surface area contributed by atoms with E-state index in [1.54, 1.807) is 4.57 Å². The largest absolute Gasteiger partial charge is 0.396 e. The lowest BCUT2D eigenvalue weighted by atomic mass is 10.1. The van der Waals surface area contributed by atoms with Crippen LogP contribution < -0.4 is 5.73 Å². The second-order valence-corrected chi connectivity index (χ2v) is 5.68. The number of rotatable bonds is 5. The highest BCUT2D eigenvalue weighted by molar-refractivity contribution is 7.55. The van der Waals surface area contributed by atoms with Crippen LogP contribution in [0.4, 0.5) is 5.82 Å². The molecular weight excluding hydrogens is 285 g/mol. The number of anilines is 1. The van der Waals surface area contributed by atoms with Gasteiger partial charge in [0.1, 0.15) is 11.8 Å². The lowest BCUT2D eigenvalue weighted by Gasteiger charge is -2.11. The van der Waals surface area contributed by atoms with Gasteiger partial charge in [0.05, 0.1) is 12.9 Å². The van der Waals surface area contributed by atoms with E-state index in [1.165, 1.54) is 18.7 Å². The molecule has 20 heavy (non-hydrogen) atoms. The molecule has 0 spiro atoms. The molecule has 2 aromatic heterocycles. The van der Waals surface area contributed by atoms with Gasteiger partial charge in [-0.25, -0.2) is 15.0 Å². The smallest absolute Gasteiger partial charge is 0.348 e. The highest BCUT2D eigenvalue weighted by atomic mass is 31.2. The molecule has 0 fully saturated rings. The second kappa shape index (κ2) is 5.68. The van der Waals surface area contributed by atoms with Crippen LogP contribution >= 0.6 is 7.60 Å². The molecule has 0 saturated carbocycles. The Bertz CT molecular complexity index is 679. The number of aliphatic hydroxyl groups is 1. The van der Waals surface area contributed by atoms with E-state index in [0.717, 1.165) is 5.82 Å². The van der Waals surface area contributed by atoms with Crippen molar-refractivity contribution in [3.05, 3.63) is 24.5 Å². The van der Waals surface area contributed by atoms with Crippen LogP contribution in [0.2, 0.25) is 0 Å². The molecule has 0 aliphatic heterocycles. The van der Waals surface area contributed by atoms with Gasteiger partial charge in [0, 0.05) is 18.3 Å². The molecule has 2 aromatic rings. The zero-order valence-electron chi connectivity index (χ0n) is 10.4. The Balaban J connectivity index is 2.24. The Labute approximate surface area is 114 Å². The minimum Gasteiger partial charge on any atom is -0.396 e. The van der Waals surface area contributed by atoms with E-state index in [2.05, 4.69) is 15.0 Å². The van der Waals surface area contributed by atoms with Gasteiger partial charge in [-0.2, -0.15) is 0 Å². The van der Waals surface area contributed by atoms with Crippen LogP contribution in [-0.4, -0.2) is 41.0 Å². The van der Waals surface area contributed by atoms with Gasteiger partial charge in [-0.05, 0) is 0 Å². The number of imidazole rings is 1. The first-order chi connectivity index (χ1) is 9.40. The fourth-order valence-corrected chi connectivity index (χ4v) is 2.17. The fraction of sp³-hybridized carbons (Fsp3) is 0.300. The Morgan fingerprint density at radius 2 is 2.15 bits per heavy atom. The highest BCUT2D eigenvalue weighted by Crippen LogP contribution is 2.36. The predicted molar refractivity (Wildman–Crippen MR) is 71.5 cm³/mol. The molecule has 108 valence electrons. The summed E-state index contributed by atoms with van der Waals surface area (Å²) in [5.41, 5.74) is 6.60. The summed E-state index contributed by atoms with van der Waals surface area (Å²) >= 11 is 0. The van der Waals surface area contributed by atoms with Crippen LogP contribution in [-0.2, 0) is 11.1 Å². The first kappa shape index (κ1) is 14.6. The van der Waals surface area contributed by atoms with E-state index < -0.39 is 13.5 Å². The van der Waals surface area contributed by atoms with Gasteiger partial charge < -0.3 is 25.2 Å². The molecule has 0 aliphatic carbocycles.